The Bertz CT molecular complexity index is 424. The van der Waals surface area contributed by atoms with Crippen LogP contribution in [-0.2, 0) is 11.3 Å². The second-order valence-corrected chi connectivity index (χ2v) is 4.70. The van der Waals surface area contributed by atoms with Gasteiger partial charge < -0.3 is 10.1 Å². The van der Waals surface area contributed by atoms with Crippen molar-refractivity contribution in [3.05, 3.63) is 17.5 Å². The van der Waals surface area contributed by atoms with Crippen molar-refractivity contribution in [3.8, 4) is 0 Å². The minimum Gasteiger partial charge on any atom is -0.379 e. The average molecular weight is 266 g/mol. The van der Waals surface area contributed by atoms with E-state index in [4.69, 9.17) is 4.74 Å². The molecular weight excluding hydrogens is 244 g/mol. The fourth-order valence-corrected chi connectivity index (χ4v) is 2.21. The molecule has 19 heavy (non-hydrogen) atoms. The first-order valence-electron chi connectivity index (χ1n) is 6.83. The number of morpholine rings is 1. The van der Waals surface area contributed by atoms with Gasteiger partial charge in [-0.15, -0.1) is 0 Å². The molecule has 106 valence electrons. The standard InChI is InChI=1S/C13H22N4O2/c1-3-17-12(10-11(2)15-17)13(18)14-4-5-16-6-8-19-9-7-16/h10H,3-9H2,1-2H3,(H,14,18). The van der Waals surface area contributed by atoms with Crippen molar-refractivity contribution in [1.82, 2.24) is 20.0 Å². The van der Waals surface area contributed by atoms with Gasteiger partial charge in [-0.3, -0.25) is 14.4 Å². The molecule has 6 nitrogen and oxygen atoms in total. The fourth-order valence-electron chi connectivity index (χ4n) is 2.21. The molecule has 0 radical (unpaired) electrons. The first-order chi connectivity index (χ1) is 9.20. The lowest BCUT2D eigenvalue weighted by atomic mass is 10.3. The maximum Gasteiger partial charge on any atom is 0.269 e. The number of aryl methyl sites for hydroxylation is 2. The Kier molecular flexibility index (Phi) is 4.93. The van der Waals surface area contributed by atoms with Crippen molar-refractivity contribution in [2.75, 3.05) is 39.4 Å². The van der Waals surface area contributed by atoms with Gasteiger partial charge in [-0.1, -0.05) is 0 Å². The smallest absolute Gasteiger partial charge is 0.269 e. The number of amides is 1. The van der Waals surface area contributed by atoms with Gasteiger partial charge in [-0.2, -0.15) is 5.10 Å². The van der Waals surface area contributed by atoms with E-state index >= 15 is 0 Å². The second kappa shape index (κ2) is 6.68. The summed E-state index contributed by atoms with van der Waals surface area (Å²) in [6, 6.07) is 1.83. The maximum atomic E-state index is 12.1. The highest BCUT2D eigenvalue weighted by Crippen LogP contribution is 2.03. The lowest BCUT2D eigenvalue weighted by Crippen LogP contribution is -2.41. The summed E-state index contributed by atoms with van der Waals surface area (Å²) in [5, 5.41) is 7.23. The zero-order valence-electron chi connectivity index (χ0n) is 11.7. The Balaban J connectivity index is 1.80. The Hall–Kier alpha value is -1.40. The number of hydrogen-bond acceptors (Lipinski definition) is 4. The third kappa shape index (κ3) is 3.78. The highest BCUT2D eigenvalue weighted by atomic mass is 16.5. The highest BCUT2D eigenvalue weighted by molar-refractivity contribution is 5.92. The molecule has 0 spiro atoms. The van der Waals surface area contributed by atoms with Crippen LogP contribution in [0.2, 0.25) is 0 Å². The van der Waals surface area contributed by atoms with Crippen LogP contribution in [-0.4, -0.2) is 60.0 Å². The zero-order valence-corrected chi connectivity index (χ0v) is 11.7. The summed E-state index contributed by atoms with van der Waals surface area (Å²) in [6.07, 6.45) is 0. The first kappa shape index (κ1) is 14.0. The molecule has 0 unspecified atom stereocenters. The molecule has 2 heterocycles. The number of nitrogens with one attached hydrogen (secondary N) is 1. The van der Waals surface area contributed by atoms with Crippen molar-refractivity contribution in [2.45, 2.75) is 20.4 Å². The zero-order chi connectivity index (χ0) is 13.7. The Morgan fingerprint density at radius 3 is 2.89 bits per heavy atom. The van der Waals surface area contributed by atoms with Crippen LogP contribution in [0.3, 0.4) is 0 Å². The van der Waals surface area contributed by atoms with E-state index in [0.29, 0.717) is 18.8 Å². The van der Waals surface area contributed by atoms with Gasteiger partial charge in [-0.05, 0) is 19.9 Å². The van der Waals surface area contributed by atoms with Crippen molar-refractivity contribution >= 4 is 5.91 Å². The van der Waals surface area contributed by atoms with Crippen LogP contribution in [0.25, 0.3) is 0 Å². The topological polar surface area (TPSA) is 59.4 Å². The van der Waals surface area contributed by atoms with Gasteiger partial charge >= 0.3 is 0 Å². The molecule has 1 aliphatic rings. The summed E-state index contributed by atoms with van der Waals surface area (Å²) in [7, 11) is 0. The normalized spacial score (nSPS) is 16.5. The molecule has 1 aromatic heterocycles. The SMILES string of the molecule is CCn1nc(C)cc1C(=O)NCCN1CCOCC1. The molecule has 0 atom stereocenters. The Morgan fingerprint density at radius 1 is 1.47 bits per heavy atom. The van der Waals surface area contributed by atoms with Crippen LogP contribution in [0.1, 0.15) is 23.1 Å². The van der Waals surface area contributed by atoms with Gasteiger partial charge in [0.25, 0.3) is 5.91 Å². The molecule has 1 amide bonds. The highest BCUT2D eigenvalue weighted by Gasteiger charge is 2.14. The van der Waals surface area contributed by atoms with E-state index in [1.165, 1.54) is 0 Å². The van der Waals surface area contributed by atoms with Crippen LogP contribution >= 0.6 is 0 Å². The van der Waals surface area contributed by atoms with Gasteiger partial charge in [0.2, 0.25) is 0 Å². The summed E-state index contributed by atoms with van der Waals surface area (Å²) in [5.74, 6) is -0.0456. The van der Waals surface area contributed by atoms with Gasteiger partial charge in [0.05, 0.1) is 18.9 Å². The van der Waals surface area contributed by atoms with E-state index < -0.39 is 0 Å². The summed E-state index contributed by atoms with van der Waals surface area (Å²) in [6.45, 7) is 9.59. The molecule has 0 saturated carbocycles. The van der Waals surface area contributed by atoms with E-state index in [9.17, 15) is 4.79 Å². The Morgan fingerprint density at radius 2 is 2.21 bits per heavy atom. The van der Waals surface area contributed by atoms with Crippen LogP contribution in [0.15, 0.2) is 6.07 Å². The summed E-state index contributed by atoms with van der Waals surface area (Å²) in [5.41, 5.74) is 1.52. The van der Waals surface area contributed by atoms with Crippen LogP contribution < -0.4 is 5.32 Å². The Labute approximate surface area is 113 Å². The van der Waals surface area contributed by atoms with E-state index in [0.717, 1.165) is 38.5 Å². The van der Waals surface area contributed by atoms with Gasteiger partial charge in [0.1, 0.15) is 5.69 Å². The van der Waals surface area contributed by atoms with Gasteiger partial charge in [0.15, 0.2) is 0 Å². The van der Waals surface area contributed by atoms with E-state index in [1.807, 2.05) is 19.9 Å². The fraction of sp³-hybridized carbons (Fsp3) is 0.692. The van der Waals surface area contributed by atoms with Crippen molar-refractivity contribution in [2.24, 2.45) is 0 Å². The van der Waals surface area contributed by atoms with E-state index in [-0.39, 0.29) is 5.91 Å². The predicted octanol–water partition coefficient (Wildman–Crippen LogP) is 0.273. The molecule has 1 N–H and O–H groups in total. The molecule has 0 aliphatic carbocycles. The molecule has 0 aromatic carbocycles. The van der Waals surface area contributed by atoms with Crippen LogP contribution in [0, 0.1) is 6.92 Å². The molecule has 2 rings (SSSR count). The number of carbonyl (C=O) groups excluding carboxylic acids is 1. The number of rotatable bonds is 5. The van der Waals surface area contributed by atoms with Gasteiger partial charge in [-0.25, -0.2) is 0 Å². The number of aromatic nitrogens is 2. The molecule has 1 aromatic rings. The molecule has 0 bridgehead atoms. The second-order valence-electron chi connectivity index (χ2n) is 4.70. The molecule has 1 fully saturated rings. The summed E-state index contributed by atoms with van der Waals surface area (Å²) >= 11 is 0. The van der Waals surface area contributed by atoms with Crippen molar-refractivity contribution in [3.63, 3.8) is 0 Å². The largest absolute Gasteiger partial charge is 0.379 e. The lowest BCUT2D eigenvalue weighted by molar-refractivity contribution is 0.0383. The molecule has 1 saturated heterocycles. The average Bonchev–Trinajstić information content (AvgIpc) is 2.81. The number of nitrogens with zero attached hydrogens (tertiary/aromatic N) is 3. The monoisotopic (exact) mass is 266 g/mol. The number of carbonyl (C=O) groups is 1. The number of hydrogen-bond donors (Lipinski definition) is 1. The summed E-state index contributed by atoms with van der Waals surface area (Å²) in [4.78, 5) is 14.4. The minimum atomic E-state index is -0.0456. The van der Waals surface area contributed by atoms with Crippen molar-refractivity contribution in [1.29, 1.82) is 0 Å². The lowest BCUT2D eigenvalue weighted by Gasteiger charge is -2.26. The molecule has 1 aliphatic heterocycles. The maximum absolute atomic E-state index is 12.1. The summed E-state index contributed by atoms with van der Waals surface area (Å²) < 4.78 is 7.02. The van der Waals surface area contributed by atoms with Crippen LogP contribution in [0.4, 0.5) is 0 Å². The van der Waals surface area contributed by atoms with Crippen LogP contribution in [0.5, 0.6) is 0 Å². The number of ether oxygens (including phenoxy) is 1. The first-order valence-corrected chi connectivity index (χ1v) is 6.83. The quantitative estimate of drug-likeness (QED) is 0.831. The van der Waals surface area contributed by atoms with E-state index in [2.05, 4.69) is 15.3 Å². The third-order valence-electron chi connectivity index (χ3n) is 3.25. The molecule has 6 heteroatoms. The van der Waals surface area contributed by atoms with Crippen molar-refractivity contribution < 1.29 is 9.53 Å². The molecular formula is C13H22N4O2. The van der Waals surface area contributed by atoms with Gasteiger partial charge in [0, 0.05) is 32.7 Å². The van der Waals surface area contributed by atoms with E-state index in [1.54, 1.807) is 4.68 Å². The predicted molar refractivity (Wildman–Crippen MR) is 72.2 cm³/mol. The third-order valence-corrected chi connectivity index (χ3v) is 3.25. The minimum absolute atomic E-state index is 0.0456.